The molecule has 0 saturated carbocycles. The van der Waals surface area contributed by atoms with Crippen LogP contribution in [-0.2, 0) is 0 Å². The minimum atomic E-state index is -1.55. The van der Waals surface area contributed by atoms with Crippen molar-refractivity contribution in [2.75, 3.05) is 10.6 Å². The van der Waals surface area contributed by atoms with Crippen LogP contribution < -0.4 is 10.6 Å². The second kappa shape index (κ2) is 6.98. The molecule has 0 radical (unpaired) electrons. The van der Waals surface area contributed by atoms with Gasteiger partial charge in [0.2, 0.25) is 0 Å². The lowest BCUT2D eigenvalue weighted by molar-refractivity contribution is 0.449. The first-order chi connectivity index (χ1) is 11.9. The normalized spacial score (nSPS) is 10.6. The molecule has 1 heterocycles. The van der Waals surface area contributed by atoms with Gasteiger partial charge in [0, 0.05) is 16.8 Å². The Balaban J connectivity index is 1.88. The molecule has 0 aliphatic carbocycles. The summed E-state index contributed by atoms with van der Waals surface area (Å²) in [6.45, 7) is 1.65. The smallest absolute Gasteiger partial charge is 0.196 e. The molecule has 0 bridgehead atoms. The monoisotopic (exact) mass is 364 g/mol. The summed E-state index contributed by atoms with van der Waals surface area (Å²) in [7, 11) is 0. The summed E-state index contributed by atoms with van der Waals surface area (Å²) in [5, 5.41) is 6.22. The Kier molecular flexibility index (Phi) is 4.76. The third-order valence-corrected chi connectivity index (χ3v) is 3.47. The molecule has 128 valence electrons. The van der Waals surface area contributed by atoms with Crippen molar-refractivity contribution in [1.29, 1.82) is 0 Å². The number of aromatic nitrogens is 2. The molecule has 0 unspecified atom stereocenters. The predicted octanol–water partition coefficient (Wildman–Crippen LogP) is 5.34. The number of nitrogens with one attached hydrogen (secondary N) is 2. The van der Waals surface area contributed by atoms with Gasteiger partial charge in [0.25, 0.3) is 0 Å². The summed E-state index contributed by atoms with van der Waals surface area (Å²) in [5.41, 5.74) is 0.473. The van der Waals surface area contributed by atoms with Crippen LogP contribution in [0.2, 0.25) is 5.02 Å². The average Bonchev–Trinajstić information content (AvgIpc) is 2.55. The molecule has 1 aromatic heterocycles. The molecule has 2 aromatic carbocycles. The third kappa shape index (κ3) is 4.00. The van der Waals surface area contributed by atoms with Crippen LogP contribution in [-0.4, -0.2) is 9.97 Å². The largest absolute Gasteiger partial charge is 0.340 e. The van der Waals surface area contributed by atoms with E-state index in [1.54, 1.807) is 31.2 Å². The first-order valence-electron chi connectivity index (χ1n) is 7.21. The Bertz CT molecular complexity index is 934. The number of aryl methyl sites for hydroxylation is 1. The lowest BCUT2D eigenvalue weighted by atomic mass is 10.2. The summed E-state index contributed by atoms with van der Waals surface area (Å²) in [6.07, 6.45) is 0. The van der Waals surface area contributed by atoms with Crippen molar-refractivity contribution >= 4 is 34.6 Å². The SMILES string of the molecule is Cc1nc(Nc2cccc(Cl)c2)cc(Nc2ccc(F)c(F)c2F)n1. The molecule has 8 heteroatoms. The van der Waals surface area contributed by atoms with E-state index in [4.69, 9.17) is 11.6 Å². The van der Waals surface area contributed by atoms with E-state index < -0.39 is 17.5 Å². The molecule has 0 spiro atoms. The van der Waals surface area contributed by atoms with Gasteiger partial charge in [0.1, 0.15) is 17.5 Å². The molecule has 0 atom stereocenters. The van der Waals surface area contributed by atoms with Crippen molar-refractivity contribution in [1.82, 2.24) is 9.97 Å². The fourth-order valence-corrected chi connectivity index (χ4v) is 2.36. The number of hydrogen-bond acceptors (Lipinski definition) is 4. The van der Waals surface area contributed by atoms with Crippen LogP contribution in [0.15, 0.2) is 42.5 Å². The van der Waals surface area contributed by atoms with E-state index in [1.165, 1.54) is 6.07 Å². The van der Waals surface area contributed by atoms with Gasteiger partial charge in [-0.25, -0.2) is 23.1 Å². The fourth-order valence-electron chi connectivity index (χ4n) is 2.17. The lowest BCUT2D eigenvalue weighted by Gasteiger charge is -2.11. The highest BCUT2D eigenvalue weighted by Gasteiger charge is 2.14. The number of nitrogens with zero attached hydrogens (tertiary/aromatic N) is 2. The standard InChI is InChI=1S/C17H12ClF3N4/c1-9-22-14(24-11-4-2-3-10(18)7-11)8-15(23-9)25-13-6-5-12(19)16(20)17(13)21/h2-8H,1H3,(H2,22,23,24,25). The molecule has 0 aliphatic rings. The maximum atomic E-state index is 13.8. The minimum absolute atomic E-state index is 0.224. The Hall–Kier alpha value is -2.80. The van der Waals surface area contributed by atoms with Gasteiger partial charge in [-0.15, -0.1) is 0 Å². The Morgan fingerprint density at radius 3 is 2.32 bits per heavy atom. The second-order valence-corrected chi connectivity index (χ2v) is 5.61. The fraction of sp³-hybridized carbons (Fsp3) is 0.0588. The van der Waals surface area contributed by atoms with Gasteiger partial charge < -0.3 is 10.6 Å². The molecule has 0 amide bonds. The van der Waals surface area contributed by atoms with Crippen molar-refractivity contribution in [2.24, 2.45) is 0 Å². The van der Waals surface area contributed by atoms with E-state index in [2.05, 4.69) is 20.6 Å². The summed E-state index contributed by atoms with van der Waals surface area (Å²) in [6, 6.07) is 10.4. The highest BCUT2D eigenvalue weighted by Crippen LogP contribution is 2.25. The Morgan fingerprint density at radius 1 is 0.880 bits per heavy atom. The molecule has 0 fully saturated rings. The summed E-state index contributed by atoms with van der Waals surface area (Å²) >= 11 is 5.93. The molecule has 4 nitrogen and oxygen atoms in total. The average molecular weight is 365 g/mol. The van der Waals surface area contributed by atoms with Gasteiger partial charge in [-0.2, -0.15) is 0 Å². The summed E-state index contributed by atoms with van der Waals surface area (Å²) in [5.74, 6) is -3.07. The van der Waals surface area contributed by atoms with Crippen LogP contribution >= 0.6 is 11.6 Å². The minimum Gasteiger partial charge on any atom is -0.340 e. The van der Waals surface area contributed by atoms with Crippen molar-refractivity contribution in [2.45, 2.75) is 6.92 Å². The van der Waals surface area contributed by atoms with Crippen LogP contribution in [0.5, 0.6) is 0 Å². The topological polar surface area (TPSA) is 49.8 Å². The van der Waals surface area contributed by atoms with Crippen LogP contribution in [0.4, 0.5) is 36.2 Å². The van der Waals surface area contributed by atoms with Gasteiger partial charge in [0.15, 0.2) is 17.5 Å². The van der Waals surface area contributed by atoms with Gasteiger partial charge in [0.05, 0.1) is 5.69 Å². The van der Waals surface area contributed by atoms with E-state index in [0.717, 1.165) is 12.1 Å². The number of rotatable bonds is 4. The van der Waals surface area contributed by atoms with Gasteiger partial charge in [-0.1, -0.05) is 17.7 Å². The quantitative estimate of drug-likeness (QED) is 0.613. The molecular weight excluding hydrogens is 353 g/mol. The lowest BCUT2D eigenvalue weighted by Crippen LogP contribution is -2.04. The molecule has 25 heavy (non-hydrogen) atoms. The Labute approximate surface area is 146 Å². The third-order valence-electron chi connectivity index (χ3n) is 3.23. The van der Waals surface area contributed by atoms with Gasteiger partial charge in [-0.3, -0.25) is 0 Å². The first kappa shape index (κ1) is 17.0. The summed E-state index contributed by atoms with van der Waals surface area (Å²) < 4.78 is 40.1. The highest BCUT2D eigenvalue weighted by atomic mass is 35.5. The van der Waals surface area contributed by atoms with E-state index in [1.807, 2.05) is 0 Å². The van der Waals surface area contributed by atoms with Crippen molar-refractivity contribution in [3.8, 4) is 0 Å². The summed E-state index contributed by atoms with van der Waals surface area (Å²) in [4.78, 5) is 8.33. The zero-order valence-corrected chi connectivity index (χ0v) is 13.7. The highest BCUT2D eigenvalue weighted by molar-refractivity contribution is 6.30. The van der Waals surface area contributed by atoms with Crippen molar-refractivity contribution in [3.63, 3.8) is 0 Å². The molecule has 0 aliphatic heterocycles. The van der Waals surface area contributed by atoms with Crippen LogP contribution in [0.25, 0.3) is 0 Å². The molecule has 2 N–H and O–H groups in total. The van der Waals surface area contributed by atoms with E-state index in [-0.39, 0.29) is 11.5 Å². The van der Waals surface area contributed by atoms with Crippen molar-refractivity contribution in [3.05, 3.63) is 70.8 Å². The maximum Gasteiger partial charge on any atom is 0.196 e. The molecule has 3 aromatic rings. The van der Waals surface area contributed by atoms with E-state index in [0.29, 0.717) is 22.4 Å². The number of hydrogen-bond donors (Lipinski definition) is 2. The van der Waals surface area contributed by atoms with E-state index >= 15 is 0 Å². The van der Waals surface area contributed by atoms with E-state index in [9.17, 15) is 13.2 Å². The van der Waals surface area contributed by atoms with Crippen molar-refractivity contribution < 1.29 is 13.2 Å². The first-order valence-corrected chi connectivity index (χ1v) is 7.59. The zero-order chi connectivity index (χ0) is 18.0. The maximum absolute atomic E-state index is 13.8. The number of halogens is 4. The van der Waals surface area contributed by atoms with Crippen LogP contribution in [0.1, 0.15) is 5.82 Å². The van der Waals surface area contributed by atoms with Crippen LogP contribution in [0.3, 0.4) is 0 Å². The van der Waals surface area contributed by atoms with Gasteiger partial charge in [-0.05, 0) is 37.3 Å². The Morgan fingerprint density at radius 2 is 1.60 bits per heavy atom. The molecule has 0 saturated heterocycles. The number of anilines is 4. The molecular formula is C17H12ClF3N4. The second-order valence-electron chi connectivity index (χ2n) is 5.17. The van der Waals surface area contributed by atoms with Gasteiger partial charge >= 0.3 is 0 Å². The van der Waals surface area contributed by atoms with Crippen LogP contribution in [0, 0.1) is 24.4 Å². The molecule has 3 rings (SSSR count). The predicted molar refractivity (Wildman–Crippen MR) is 91.1 cm³/mol. The zero-order valence-electron chi connectivity index (χ0n) is 12.9. The number of benzene rings is 2.